The van der Waals surface area contributed by atoms with Gasteiger partial charge in [0.2, 0.25) is 5.91 Å². The zero-order chi connectivity index (χ0) is 19.9. The highest BCUT2D eigenvalue weighted by Crippen LogP contribution is 2.16. The summed E-state index contributed by atoms with van der Waals surface area (Å²) in [4.78, 5) is 25.2. The number of pyridine rings is 1. The molecule has 1 unspecified atom stereocenters. The third kappa shape index (κ3) is 5.26. The molecule has 0 aliphatic rings. The molecule has 0 saturated heterocycles. The summed E-state index contributed by atoms with van der Waals surface area (Å²) < 4.78 is 1.62. The molecule has 9 nitrogen and oxygen atoms in total. The van der Waals surface area contributed by atoms with E-state index in [9.17, 15) is 4.79 Å². The number of hydrogen-bond acceptors (Lipinski definition) is 7. The van der Waals surface area contributed by atoms with Crippen LogP contribution >= 0.6 is 0 Å². The maximum absolute atomic E-state index is 12.1. The Morgan fingerprint density at radius 3 is 2.68 bits per heavy atom. The predicted octanol–water partition coefficient (Wildman–Crippen LogP) is 2.22. The van der Waals surface area contributed by atoms with Crippen molar-refractivity contribution in [3.63, 3.8) is 0 Å². The average molecular weight is 380 g/mol. The van der Waals surface area contributed by atoms with Gasteiger partial charge in [-0.2, -0.15) is 5.10 Å². The number of aryl methyl sites for hydroxylation is 2. The van der Waals surface area contributed by atoms with Crippen molar-refractivity contribution in [2.24, 2.45) is 0 Å². The Labute approximate surface area is 163 Å². The molecular formula is C19H24N8O. The number of carbonyl (C=O) groups is 1. The lowest BCUT2D eigenvalue weighted by atomic mass is 10.3. The van der Waals surface area contributed by atoms with Gasteiger partial charge in [-0.1, -0.05) is 0 Å². The highest BCUT2D eigenvalue weighted by atomic mass is 16.2. The van der Waals surface area contributed by atoms with E-state index in [1.807, 2.05) is 32.0 Å². The van der Waals surface area contributed by atoms with Gasteiger partial charge in [-0.25, -0.2) is 15.0 Å². The van der Waals surface area contributed by atoms with Gasteiger partial charge in [0.05, 0.1) is 0 Å². The first-order valence-electron chi connectivity index (χ1n) is 9.07. The van der Waals surface area contributed by atoms with E-state index in [0.29, 0.717) is 30.5 Å². The number of rotatable bonds is 8. The minimum absolute atomic E-state index is 0.0859. The van der Waals surface area contributed by atoms with Crippen molar-refractivity contribution >= 4 is 23.4 Å². The Bertz CT molecular complexity index is 925. The first kappa shape index (κ1) is 19.3. The summed E-state index contributed by atoms with van der Waals surface area (Å²) in [5, 5.41) is 13.4. The van der Waals surface area contributed by atoms with E-state index >= 15 is 0 Å². The minimum Gasteiger partial charge on any atom is -0.368 e. The van der Waals surface area contributed by atoms with Gasteiger partial charge in [0.15, 0.2) is 0 Å². The lowest BCUT2D eigenvalue weighted by molar-refractivity contribution is -0.124. The molecule has 3 rings (SSSR count). The number of aromatic nitrogens is 5. The Hall–Kier alpha value is -3.49. The highest BCUT2D eigenvalue weighted by Gasteiger charge is 2.13. The van der Waals surface area contributed by atoms with Crippen LogP contribution < -0.4 is 16.0 Å². The van der Waals surface area contributed by atoms with Crippen LogP contribution in [0.15, 0.2) is 42.9 Å². The van der Waals surface area contributed by atoms with E-state index in [4.69, 9.17) is 0 Å². The fourth-order valence-corrected chi connectivity index (χ4v) is 2.61. The van der Waals surface area contributed by atoms with E-state index in [2.05, 4.69) is 36.0 Å². The largest absolute Gasteiger partial charge is 0.368 e. The van der Waals surface area contributed by atoms with E-state index in [-0.39, 0.29) is 11.9 Å². The molecule has 0 saturated carbocycles. The zero-order valence-electron chi connectivity index (χ0n) is 16.2. The fraction of sp³-hybridized carbons (Fsp3) is 0.316. The molecule has 3 N–H and O–H groups in total. The van der Waals surface area contributed by atoms with E-state index in [1.165, 1.54) is 0 Å². The van der Waals surface area contributed by atoms with Crippen LogP contribution in [0.1, 0.15) is 24.4 Å². The first-order chi connectivity index (χ1) is 13.5. The lowest BCUT2D eigenvalue weighted by Gasteiger charge is -2.13. The molecular weight excluding hydrogens is 356 g/mol. The second-order valence-electron chi connectivity index (χ2n) is 6.41. The summed E-state index contributed by atoms with van der Waals surface area (Å²) in [6, 6.07) is 7.13. The molecule has 0 fully saturated rings. The van der Waals surface area contributed by atoms with Crippen LogP contribution in [0.3, 0.4) is 0 Å². The number of anilines is 3. The van der Waals surface area contributed by atoms with Crippen LogP contribution in [0.4, 0.5) is 17.5 Å². The lowest BCUT2D eigenvalue weighted by Crippen LogP contribution is -2.34. The van der Waals surface area contributed by atoms with Crippen molar-refractivity contribution in [3.05, 3.63) is 54.2 Å². The standard InChI is InChI=1S/C19H24N8O/c1-13-5-7-20-16(11-13)26-18-12-17(24-15(3)25-18)21-8-9-22-19(28)14(2)27-10-4-6-23-27/h4-7,10-12,14H,8-9H2,1-3H3,(H,22,28)(H2,20,21,24,25,26). The van der Waals surface area contributed by atoms with Crippen molar-refractivity contribution in [1.29, 1.82) is 0 Å². The van der Waals surface area contributed by atoms with Crippen LogP contribution in [0.25, 0.3) is 0 Å². The van der Waals surface area contributed by atoms with Crippen molar-refractivity contribution < 1.29 is 4.79 Å². The molecule has 9 heteroatoms. The van der Waals surface area contributed by atoms with Crippen LogP contribution in [-0.2, 0) is 4.79 Å². The van der Waals surface area contributed by atoms with E-state index < -0.39 is 0 Å². The summed E-state index contributed by atoms with van der Waals surface area (Å²) in [5.74, 6) is 2.61. The third-order valence-corrected chi connectivity index (χ3v) is 4.04. The number of nitrogens with one attached hydrogen (secondary N) is 3. The molecule has 3 aromatic heterocycles. The normalized spacial score (nSPS) is 11.7. The Balaban J connectivity index is 1.51. The SMILES string of the molecule is Cc1ccnc(Nc2cc(NCCNC(=O)C(C)n3cccn3)nc(C)n2)c1. The summed E-state index contributed by atoms with van der Waals surface area (Å²) >= 11 is 0. The quantitative estimate of drug-likeness (QED) is 0.514. The smallest absolute Gasteiger partial charge is 0.244 e. The van der Waals surface area contributed by atoms with Gasteiger partial charge in [-0.05, 0) is 44.5 Å². The summed E-state index contributed by atoms with van der Waals surface area (Å²) in [7, 11) is 0. The molecule has 0 spiro atoms. The monoisotopic (exact) mass is 380 g/mol. The van der Waals surface area contributed by atoms with Crippen LogP contribution in [0.2, 0.25) is 0 Å². The maximum Gasteiger partial charge on any atom is 0.244 e. The fourth-order valence-electron chi connectivity index (χ4n) is 2.61. The van der Waals surface area contributed by atoms with Gasteiger partial charge in [0.25, 0.3) is 0 Å². The maximum atomic E-state index is 12.1. The summed E-state index contributed by atoms with van der Waals surface area (Å²) in [5.41, 5.74) is 1.11. The van der Waals surface area contributed by atoms with Gasteiger partial charge in [-0.15, -0.1) is 0 Å². The molecule has 1 amide bonds. The molecule has 0 bridgehead atoms. The van der Waals surface area contributed by atoms with Gasteiger partial charge in [-0.3, -0.25) is 9.48 Å². The number of carbonyl (C=O) groups excluding carboxylic acids is 1. The number of hydrogen-bond donors (Lipinski definition) is 3. The first-order valence-corrected chi connectivity index (χ1v) is 9.07. The Kier molecular flexibility index (Phi) is 6.15. The number of amides is 1. The van der Waals surface area contributed by atoms with Gasteiger partial charge in [0, 0.05) is 37.7 Å². The molecule has 0 aliphatic heterocycles. The average Bonchev–Trinajstić information content (AvgIpc) is 3.19. The predicted molar refractivity (Wildman–Crippen MR) is 107 cm³/mol. The minimum atomic E-state index is -0.353. The molecule has 3 heterocycles. The van der Waals surface area contributed by atoms with Gasteiger partial charge >= 0.3 is 0 Å². The van der Waals surface area contributed by atoms with Crippen molar-refractivity contribution in [2.45, 2.75) is 26.8 Å². The number of nitrogens with zero attached hydrogens (tertiary/aromatic N) is 5. The van der Waals surface area contributed by atoms with Gasteiger partial charge < -0.3 is 16.0 Å². The second kappa shape index (κ2) is 8.94. The van der Waals surface area contributed by atoms with E-state index in [1.54, 1.807) is 36.3 Å². The van der Waals surface area contributed by atoms with E-state index in [0.717, 1.165) is 11.4 Å². The topological polar surface area (TPSA) is 110 Å². The Morgan fingerprint density at radius 2 is 1.93 bits per heavy atom. The molecule has 0 aliphatic carbocycles. The van der Waals surface area contributed by atoms with Crippen LogP contribution in [0, 0.1) is 13.8 Å². The molecule has 146 valence electrons. The van der Waals surface area contributed by atoms with Crippen molar-refractivity contribution in [1.82, 2.24) is 30.0 Å². The third-order valence-electron chi connectivity index (χ3n) is 4.04. The molecule has 0 radical (unpaired) electrons. The second-order valence-corrected chi connectivity index (χ2v) is 6.41. The van der Waals surface area contributed by atoms with Crippen molar-refractivity contribution in [2.75, 3.05) is 23.7 Å². The highest BCUT2D eigenvalue weighted by molar-refractivity contribution is 5.79. The van der Waals surface area contributed by atoms with Crippen LogP contribution in [-0.4, -0.2) is 43.7 Å². The summed E-state index contributed by atoms with van der Waals surface area (Å²) in [6.45, 7) is 6.65. The molecule has 0 aromatic carbocycles. The molecule has 28 heavy (non-hydrogen) atoms. The Morgan fingerprint density at radius 1 is 1.11 bits per heavy atom. The summed E-state index contributed by atoms with van der Waals surface area (Å²) in [6.07, 6.45) is 5.17. The van der Waals surface area contributed by atoms with Crippen molar-refractivity contribution in [3.8, 4) is 0 Å². The molecule has 1 atom stereocenters. The van der Waals surface area contributed by atoms with Crippen LogP contribution in [0.5, 0.6) is 0 Å². The van der Waals surface area contributed by atoms with Gasteiger partial charge in [0.1, 0.15) is 29.3 Å². The zero-order valence-corrected chi connectivity index (χ0v) is 16.2. The molecule has 3 aromatic rings.